The number of rotatable bonds is 4. The smallest absolute Gasteiger partial charge is 0.162 e. The van der Waals surface area contributed by atoms with Crippen LogP contribution in [0, 0.1) is 5.92 Å². The predicted molar refractivity (Wildman–Crippen MR) is 52.1 cm³/mol. The Balaban J connectivity index is 2.53. The molecule has 14 heavy (non-hydrogen) atoms. The summed E-state index contributed by atoms with van der Waals surface area (Å²) in [6.07, 6.45) is 0.944. The highest BCUT2D eigenvalue weighted by molar-refractivity contribution is 4.79. The van der Waals surface area contributed by atoms with Crippen molar-refractivity contribution in [2.75, 3.05) is 27.9 Å². The molecule has 0 amide bonds. The lowest BCUT2D eigenvalue weighted by molar-refractivity contribution is -0.244. The lowest BCUT2D eigenvalue weighted by Gasteiger charge is -2.38. The zero-order chi connectivity index (χ0) is 10.6. The number of hydrogen-bond donors (Lipinski definition) is 0. The van der Waals surface area contributed by atoms with Crippen molar-refractivity contribution in [1.82, 2.24) is 0 Å². The maximum atomic E-state index is 5.69. The second kappa shape index (κ2) is 5.66. The van der Waals surface area contributed by atoms with E-state index < -0.39 is 0 Å². The van der Waals surface area contributed by atoms with E-state index in [2.05, 4.69) is 6.92 Å². The minimum Gasteiger partial charge on any atom is -0.382 e. The second-order valence-electron chi connectivity index (χ2n) is 3.69. The van der Waals surface area contributed by atoms with Gasteiger partial charge in [-0.2, -0.15) is 0 Å². The van der Waals surface area contributed by atoms with Crippen LogP contribution in [0.1, 0.15) is 13.3 Å². The Bertz CT molecular complexity index is 148. The third kappa shape index (κ3) is 2.67. The fourth-order valence-electron chi connectivity index (χ4n) is 1.89. The maximum Gasteiger partial charge on any atom is 0.162 e. The normalized spacial score (nSPS) is 38.6. The Kier molecular flexibility index (Phi) is 4.81. The molecule has 1 fully saturated rings. The van der Waals surface area contributed by atoms with Crippen molar-refractivity contribution >= 4 is 0 Å². The Hall–Kier alpha value is -0.160. The molecule has 84 valence electrons. The number of hydrogen-bond acceptors (Lipinski definition) is 4. The van der Waals surface area contributed by atoms with Crippen LogP contribution in [0.4, 0.5) is 0 Å². The highest BCUT2D eigenvalue weighted by Gasteiger charge is 2.36. The summed E-state index contributed by atoms with van der Waals surface area (Å²) in [4.78, 5) is 0. The third-order valence-corrected chi connectivity index (χ3v) is 2.73. The first-order chi connectivity index (χ1) is 6.72. The summed E-state index contributed by atoms with van der Waals surface area (Å²) in [7, 11) is 5.05. The first-order valence-electron chi connectivity index (χ1n) is 4.92. The van der Waals surface area contributed by atoms with Gasteiger partial charge in [-0.05, 0) is 0 Å². The molecule has 0 aromatic carbocycles. The van der Waals surface area contributed by atoms with E-state index in [1.807, 2.05) is 0 Å². The second-order valence-corrected chi connectivity index (χ2v) is 3.69. The van der Waals surface area contributed by atoms with Crippen LogP contribution >= 0.6 is 0 Å². The Labute approximate surface area is 85.5 Å². The lowest BCUT2D eigenvalue weighted by atomic mass is 9.95. The first-order valence-corrected chi connectivity index (χ1v) is 4.92. The van der Waals surface area contributed by atoms with Gasteiger partial charge >= 0.3 is 0 Å². The van der Waals surface area contributed by atoms with Crippen molar-refractivity contribution in [3.63, 3.8) is 0 Å². The molecular formula is C10H20O4. The summed E-state index contributed by atoms with van der Waals surface area (Å²) < 4.78 is 21.4. The molecule has 1 saturated heterocycles. The van der Waals surface area contributed by atoms with E-state index in [0.717, 1.165) is 6.42 Å². The van der Waals surface area contributed by atoms with Gasteiger partial charge in [0.05, 0.1) is 18.8 Å². The molecule has 4 nitrogen and oxygen atoms in total. The lowest BCUT2D eigenvalue weighted by Crippen LogP contribution is -2.46. The summed E-state index contributed by atoms with van der Waals surface area (Å²) >= 11 is 0. The highest BCUT2D eigenvalue weighted by Crippen LogP contribution is 2.27. The average Bonchev–Trinajstić information content (AvgIpc) is 2.20. The molecule has 3 unspecified atom stereocenters. The van der Waals surface area contributed by atoms with E-state index in [9.17, 15) is 0 Å². The Morgan fingerprint density at radius 1 is 1.21 bits per heavy atom. The van der Waals surface area contributed by atoms with Crippen molar-refractivity contribution in [2.24, 2.45) is 5.92 Å². The van der Waals surface area contributed by atoms with Crippen LogP contribution in [0.5, 0.6) is 0 Å². The van der Waals surface area contributed by atoms with E-state index in [0.29, 0.717) is 6.61 Å². The fraction of sp³-hybridized carbons (Fsp3) is 1.00. The van der Waals surface area contributed by atoms with Gasteiger partial charge in [-0.15, -0.1) is 0 Å². The number of ether oxygens (including phenoxy) is 4. The molecular weight excluding hydrogens is 184 g/mol. The minimum absolute atomic E-state index is 0.0751. The Morgan fingerprint density at radius 3 is 2.43 bits per heavy atom. The summed E-state index contributed by atoms with van der Waals surface area (Å²) in [6.45, 7) is 2.66. The van der Waals surface area contributed by atoms with Crippen molar-refractivity contribution in [1.29, 1.82) is 0 Å². The van der Waals surface area contributed by atoms with Crippen molar-refractivity contribution in [3.8, 4) is 0 Å². The van der Waals surface area contributed by atoms with Crippen LogP contribution in [0.15, 0.2) is 0 Å². The van der Waals surface area contributed by atoms with Crippen LogP contribution in [0.3, 0.4) is 0 Å². The van der Waals surface area contributed by atoms with E-state index in [1.165, 1.54) is 0 Å². The molecule has 1 rings (SSSR count). The zero-order valence-electron chi connectivity index (χ0n) is 9.36. The van der Waals surface area contributed by atoms with Crippen LogP contribution in [0.2, 0.25) is 0 Å². The monoisotopic (exact) mass is 204 g/mol. The topological polar surface area (TPSA) is 36.9 Å². The van der Waals surface area contributed by atoms with Gasteiger partial charge in [0.25, 0.3) is 0 Å². The van der Waals surface area contributed by atoms with E-state index in [1.54, 1.807) is 21.3 Å². The zero-order valence-corrected chi connectivity index (χ0v) is 9.36. The van der Waals surface area contributed by atoms with Gasteiger partial charge in [-0.1, -0.05) is 6.92 Å². The molecule has 1 heterocycles. The van der Waals surface area contributed by atoms with Gasteiger partial charge in [-0.3, -0.25) is 0 Å². The highest BCUT2D eigenvalue weighted by atomic mass is 16.7. The van der Waals surface area contributed by atoms with E-state index in [4.69, 9.17) is 18.9 Å². The predicted octanol–water partition coefficient (Wildman–Crippen LogP) is 1.05. The first kappa shape index (κ1) is 11.9. The minimum atomic E-state index is -0.186. The Morgan fingerprint density at radius 2 is 1.93 bits per heavy atom. The molecule has 4 atom stereocenters. The van der Waals surface area contributed by atoms with Gasteiger partial charge in [0.1, 0.15) is 0 Å². The molecule has 0 spiro atoms. The summed E-state index contributed by atoms with van der Waals surface area (Å²) in [5, 5.41) is 0. The van der Waals surface area contributed by atoms with Crippen LogP contribution in [-0.4, -0.2) is 46.4 Å². The quantitative estimate of drug-likeness (QED) is 0.685. The molecule has 4 heteroatoms. The molecule has 0 bridgehead atoms. The molecule has 0 radical (unpaired) electrons. The van der Waals surface area contributed by atoms with Crippen molar-refractivity contribution in [3.05, 3.63) is 0 Å². The van der Waals surface area contributed by atoms with Gasteiger partial charge in [-0.25, -0.2) is 0 Å². The van der Waals surface area contributed by atoms with Crippen LogP contribution in [0.25, 0.3) is 0 Å². The van der Waals surface area contributed by atoms with Crippen LogP contribution < -0.4 is 0 Å². The SMILES string of the molecule is COCC1CC(OC)C(C)[C@H](OC)O1. The molecule has 0 aromatic heterocycles. The largest absolute Gasteiger partial charge is 0.382 e. The van der Waals surface area contributed by atoms with Gasteiger partial charge in [0, 0.05) is 33.7 Å². The molecule has 0 aliphatic carbocycles. The van der Waals surface area contributed by atoms with E-state index >= 15 is 0 Å². The molecule has 0 aromatic rings. The van der Waals surface area contributed by atoms with Crippen molar-refractivity contribution in [2.45, 2.75) is 31.8 Å². The van der Waals surface area contributed by atoms with Crippen LogP contribution in [-0.2, 0) is 18.9 Å². The molecule has 0 saturated carbocycles. The van der Waals surface area contributed by atoms with E-state index in [-0.39, 0.29) is 24.4 Å². The van der Waals surface area contributed by atoms with Crippen molar-refractivity contribution < 1.29 is 18.9 Å². The molecule has 1 aliphatic rings. The van der Waals surface area contributed by atoms with Gasteiger partial charge < -0.3 is 18.9 Å². The van der Waals surface area contributed by atoms with Gasteiger partial charge in [0.2, 0.25) is 0 Å². The molecule has 0 N–H and O–H groups in total. The summed E-state index contributed by atoms with van der Waals surface area (Å²) in [5.41, 5.74) is 0. The summed E-state index contributed by atoms with van der Waals surface area (Å²) in [6, 6.07) is 0. The molecule has 1 aliphatic heterocycles. The number of methoxy groups -OCH3 is 3. The average molecular weight is 204 g/mol. The summed E-state index contributed by atoms with van der Waals surface area (Å²) in [5.74, 6) is 0.262. The fourth-order valence-corrected chi connectivity index (χ4v) is 1.89. The third-order valence-electron chi connectivity index (χ3n) is 2.73. The van der Waals surface area contributed by atoms with Gasteiger partial charge in [0.15, 0.2) is 6.29 Å². The maximum absolute atomic E-state index is 5.69. The standard InChI is InChI=1S/C10H20O4/c1-7-9(12-3)5-8(6-11-2)14-10(7)13-4/h7-10H,5-6H2,1-4H3/t7?,8?,9?,10-/m1/s1.